The molecule has 3 aromatic rings. The minimum Gasteiger partial charge on any atom is -0.408 e. The highest BCUT2D eigenvalue weighted by Gasteiger charge is 2.43. The zero-order chi connectivity index (χ0) is 16.8. The molecule has 124 valence electrons. The molecule has 0 saturated heterocycles. The van der Waals surface area contributed by atoms with Gasteiger partial charge in [0.25, 0.3) is 5.91 Å². The van der Waals surface area contributed by atoms with Gasteiger partial charge in [0.2, 0.25) is 0 Å². The summed E-state index contributed by atoms with van der Waals surface area (Å²) in [6.45, 7) is 1.91. The number of fused-ring (bicyclic) bond motifs is 1. The van der Waals surface area contributed by atoms with Gasteiger partial charge in [-0.2, -0.15) is 5.10 Å². The van der Waals surface area contributed by atoms with Crippen molar-refractivity contribution in [3.63, 3.8) is 0 Å². The van der Waals surface area contributed by atoms with Crippen molar-refractivity contribution in [1.82, 2.24) is 20.1 Å². The van der Waals surface area contributed by atoms with E-state index < -0.39 is 11.9 Å². The van der Waals surface area contributed by atoms with Crippen LogP contribution in [0.4, 0.5) is 0 Å². The average Bonchev–Trinajstić information content (AvgIpc) is 3.10. The fraction of sp³-hybridized carbons (Fsp3) is 0.312. The molecule has 1 saturated carbocycles. The Balaban J connectivity index is 1.58. The Morgan fingerprint density at radius 2 is 2.33 bits per heavy atom. The largest absolute Gasteiger partial charge is 0.417 e. The fourth-order valence-corrected chi connectivity index (χ4v) is 3.12. The Labute approximate surface area is 136 Å². The van der Waals surface area contributed by atoms with E-state index in [9.17, 15) is 14.7 Å². The molecule has 3 atom stereocenters. The van der Waals surface area contributed by atoms with Gasteiger partial charge in [0.1, 0.15) is 0 Å². The van der Waals surface area contributed by atoms with Crippen LogP contribution in [0.15, 0.2) is 39.8 Å². The van der Waals surface area contributed by atoms with E-state index >= 15 is 0 Å². The van der Waals surface area contributed by atoms with Crippen molar-refractivity contribution in [2.45, 2.75) is 31.5 Å². The molecule has 4 rings (SSSR count). The number of oxazole rings is 1. The van der Waals surface area contributed by atoms with E-state index in [-0.39, 0.29) is 18.0 Å². The molecule has 0 aliphatic heterocycles. The van der Waals surface area contributed by atoms with E-state index in [1.807, 2.05) is 13.1 Å². The maximum absolute atomic E-state index is 12.6. The first kappa shape index (κ1) is 14.7. The second kappa shape index (κ2) is 5.34. The number of rotatable bonds is 3. The fourth-order valence-electron chi connectivity index (χ4n) is 3.12. The number of aryl methyl sites for hydroxylation is 1. The highest BCUT2D eigenvalue weighted by atomic mass is 16.4. The molecule has 1 amide bonds. The van der Waals surface area contributed by atoms with Gasteiger partial charge in [-0.1, -0.05) is 6.07 Å². The summed E-state index contributed by atoms with van der Waals surface area (Å²) in [5.41, 5.74) is 2.02. The third-order valence-electron chi connectivity index (χ3n) is 4.36. The van der Waals surface area contributed by atoms with E-state index in [0.29, 0.717) is 23.1 Å². The number of aliphatic hydroxyl groups excluding tert-OH is 1. The first-order chi connectivity index (χ1) is 11.5. The summed E-state index contributed by atoms with van der Waals surface area (Å²) in [6.07, 6.45) is 3.44. The molecule has 24 heavy (non-hydrogen) atoms. The molecule has 0 unspecified atom stereocenters. The molecule has 8 nitrogen and oxygen atoms in total. The molecule has 0 bridgehead atoms. The molecule has 1 fully saturated rings. The minimum atomic E-state index is -0.603. The van der Waals surface area contributed by atoms with Gasteiger partial charge in [-0.25, -0.2) is 4.79 Å². The highest BCUT2D eigenvalue weighted by Crippen LogP contribution is 2.33. The number of hydrogen-bond acceptors (Lipinski definition) is 5. The molecule has 1 aromatic carbocycles. The molecule has 1 aliphatic rings. The van der Waals surface area contributed by atoms with Crippen LogP contribution < -0.4 is 11.1 Å². The zero-order valence-electron chi connectivity index (χ0n) is 12.9. The topological polar surface area (TPSA) is 113 Å². The molecular formula is C16H16N4O4. The lowest BCUT2D eigenvalue weighted by Crippen LogP contribution is -2.56. The van der Waals surface area contributed by atoms with Gasteiger partial charge in [0.15, 0.2) is 5.58 Å². The van der Waals surface area contributed by atoms with Crippen molar-refractivity contribution >= 4 is 17.0 Å². The van der Waals surface area contributed by atoms with E-state index in [1.165, 1.54) is 0 Å². The van der Waals surface area contributed by atoms with Crippen molar-refractivity contribution in [2.75, 3.05) is 0 Å². The molecule has 1 aliphatic carbocycles. The van der Waals surface area contributed by atoms with Gasteiger partial charge in [0, 0.05) is 6.20 Å². The number of carbonyl (C=O) groups is 1. The number of nitrogens with one attached hydrogen (secondary N) is 2. The Morgan fingerprint density at radius 1 is 1.50 bits per heavy atom. The second-order valence-corrected chi connectivity index (χ2v) is 6.06. The smallest absolute Gasteiger partial charge is 0.408 e. The number of aliphatic hydroxyl groups is 1. The minimum absolute atomic E-state index is 0.235. The third-order valence-corrected chi connectivity index (χ3v) is 4.36. The summed E-state index contributed by atoms with van der Waals surface area (Å²) in [7, 11) is 0. The number of hydrogen-bond donors (Lipinski definition) is 3. The zero-order valence-corrected chi connectivity index (χ0v) is 12.9. The first-order valence-corrected chi connectivity index (χ1v) is 7.64. The summed E-state index contributed by atoms with van der Waals surface area (Å²) in [5.74, 6) is -0.933. The molecule has 2 heterocycles. The Kier molecular flexibility index (Phi) is 3.27. The molecular weight excluding hydrogens is 312 g/mol. The van der Waals surface area contributed by atoms with Gasteiger partial charge >= 0.3 is 5.76 Å². The number of carbonyl (C=O) groups excluding carboxylic acids is 1. The quantitative estimate of drug-likeness (QED) is 0.656. The lowest BCUT2D eigenvalue weighted by Gasteiger charge is -2.41. The van der Waals surface area contributed by atoms with E-state index in [1.54, 1.807) is 29.1 Å². The first-order valence-electron chi connectivity index (χ1n) is 7.64. The molecule has 2 aromatic heterocycles. The predicted octanol–water partition coefficient (Wildman–Crippen LogP) is 0.730. The highest BCUT2D eigenvalue weighted by molar-refractivity contribution is 6.04. The number of amides is 1. The molecule has 8 heteroatoms. The maximum Gasteiger partial charge on any atom is 0.417 e. The Morgan fingerprint density at radius 3 is 3.04 bits per heavy atom. The van der Waals surface area contributed by atoms with Gasteiger partial charge in [0.05, 0.1) is 35.5 Å². The summed E-state index contributed by atoms with van der Waals surface area (Å²) < 4.78 is 6.64. The van der Waals surface area contributed by atoms with Crippen molar-refractivity contribution in [3.05, 3.63) is 52.3 Å². The predicted molar refractivity (Wildman–Crippen MR) is 84.7 cm³/mol. The van der Waals surface area contributed by atoms with Gasteiger partial charge in [-0.3, -0.25) is 14.5 Å². The number of H-pyrrole nitrogens is 1. The van der Waals surface area contributed by atoms with E-state index in [2.05, 4.69) is 15.4 Å². The van der Waals surface area contributed by atoms with Crippen LogP contribution in [0.25, 0.3) is 11.1 Å². The molecule has 0 radical (unpaired) electrons. The number of para-hydroxylation sites is 1. The maximum atomic E-state index is 12.6. The van der Waals surface area contributed by atoms with Crippen molar-refractivity contribution in [3.8, 4) is 0 Å². The van der Waals surface area contributed by atoms with Crippen LogP contribution in [0.5, 0.6) is 0 Å². The van der Waals surface area contributed by atoms with Gasteiger partial charge < -0.3 is 14.8 Å². The summed E-state index contributed by atoms with van der Waals surface area (Å²) >= 11 is 0. The second-order valence-electron chi connectivity index (χ2n) is 6.06. The number of aromatic nitrogens is 3. The van der Waals surface area contributed by atoms with Gasteiger partial charge in [-0.05, 0) is 31.0 Å². The SMILES string of the molecule is Cc1cnn([C@@H]2[C@@H](O)C[C@H]2NC(=O)c2cccc3oc(=O)[nH]c23)c1. The van der Waals surface area contributed by atoms with Crippen LogP contribution in [0.2, 0.25) is 0 Å². The Hall–Kier alpha value is -2.87. The number of nitrogens with zero attached hydrogens (tertiary/aromatic N) is 2. The van der Waals surface area contributed by atoms with E-state index in [0.717, 1.165) is 5.56 Å². The standard InChI is InChI=1S/C16H16N4O4/c1-8-6-17-20(7-8)14-10(5-11(14)21)18-15(22)9-3-2-4-12-13(9)19-16(23)24-12/h2-4,6-7,10-11,14,21H,5H2,1H3,(H,18,22)(H,19,23)/t10-,11+,14+/m1/s1. The van der Waals surface area contributed by atoms with Crippen molar-refractivity contribution in [1.29, 1.82) is 0 Å². The monoisotopic (exact) mass is 328 g/mol. The van der Waals surface area contributed by atoms with Crippen LogP contribution in [-0.2, 0) is 0 Å². The third kappa shape index (κ3) is 2.31. The summed E-state index contributed by atoms with van der Waals surface area (Å²) in [6, 6.07) is 4.35. The van der Waals surface area contributed by atoms with Crippen LogP contribution >= 0.6 is 0 Å². The van der Waals surface area contributed by atoms with Gasteiger partial charge in [-0.15, -0.1) is 0 Å². The lowest BCUT2D eigenvalue weighted by molar-refractivity contribution is -0.00587. The summed E-state index contributed by atoms with van der Waals surface area (Å²) in [4.78, 5) is 26.4. The van der Waals surface area contributed by atoms with Crippen molar-refractivity contribution < 1.29 is 14.3 Å². The van der Waals surface area contributed by atoms with Crippen LogP contribution in [-0.4, -0.2) is 37.9 Å². The van der Waals surface area contributed by atoms with E-state index in [4.69, 9.17) is 4.42 Å². The molecule has 3 N–H and O–H groups in total. The lowest BCUT2D eigenvalue weighted by atomic mass is 9.83. The summed E-state index contributed by atoms with van der Waals surface area (Å²) in [5, 5.41) is 17.1. The van der Waals surface area contributed by atoms with Crippen LogP contribution in [0, 0.1) is 6.92 Å². The average molecular weight is 328 g/mol. The number of aromatic amines is 1. The molecule has 0 spiro atoms. The van der Waals surface area contributed by atoms with Crippen molar-refractivity contribution in [2.24, 2.45) is 0 Å². The van der Waals surface area contributed by atoms with Crippen LogP contribution in [0.1, 0.15) is 28.4 Å². The van der Waals surface area contributed by atoms with Crippen LogP contribution in [0.3, 0.4) is 0 Å². The Bertz CT molecular complexity index is 970. The normalized spacial score (nSPS) is 23.2. The number of benzene rings is 1.